The molecule has 0 aliphatic carbocycles. The van der Waals surface area contributed by atoms with Crippen LogP contribution in [0.4, 0.5) is 18.9 Å². The van der Waals surface area contributed by atoms with Gasteiger partial charge in [0.05, 0.1) is 16.8 Å². The van der Waals surface area contributed by atoms with E-state index in [1.165, 1.54) is 19.1 Å². The summed E-state index contributed by atoms with van der Waals surface area (Å²) in [5, 5.41) is 2.17. The van der Waals surface area contributed by atoms with Crippen LogP contribution in [0.1, 0.15) is 49.2 Å². The zero-order valence-corrected chi connectivity index (χ0v) is 16.1. The van der Waals surface area contributed by atoms with Gasteiger partial charge >= 0.3 is 12.1 Å². The first kappa shape index (κ1) is 21.5. The summed E-state index contributed by atoms with van der Waals surface area (Å²) in [7, 11) is 0. The quantitative estimate of drug-likeness (QED) is 0.728. The molecule has 0 saturated carbocycles. The molecule has 0 aliphatic heterocycles. The number of para-hydroxylation sites is 1. The fourth-order valence-electron chi connectivity index (χ4n) is 2.46. The molecule has 0 unspecified atom stereocenters. The van der Waals surface area contributed by atoms with Crippen LogP contribution in [0.5, 0.6) is 0 Å². The lowest BCUT2D eigenvalue weighted by Gasteiger charge is -2.19. The summed E-state index contributed by atoms with van der Waals surface area (Å²) in [4.78, 5) is 24.4. The summed E-state index contributed by atoms with van der Waals surface area (Å²) in [6.07, 6.45) is -5.88. The maximum Gasteiger partial charge on any atom is 0.418 e. The van der Waals surface area contributed by atoms with Gasteiger partial charge in [0.25, 0.3) is 5.91 Å². The van der Waals surface area contributed by atoms with Crippen molar-refractivity contribution in [1.29, 1.82) is 0 Å². The molecule has 0 aliphatic rings. The van der Waals surface area contributed by atoms with Crippen molar-refractivity contribution in [1.82, 2.24) is 0 Å². The molecule has 1 N–H and O–H groups in total. The maximum absolute atomic E-state index is 13.0. The van der Waals surface area contributed by atoms with Crippen molar-refractivity contribution in [3.63, 3.8) is 0 Å². The van der Waals surface area contributed by atoms with Crippen LogP contribution in [0.25, 0.3) is 0 Å². The summed E-state index contributed by atoms with van der Waals surface area (Å²) >= 11 is 0. The number of esters is 1. The first-order chi connectivity index (χ1) is 12.9. The number of amides is 1. The fourth-order valence-corrected chi connectivity index (χ4v) is 2.46. The lowest BCUT2D eigenvalue weighted by Crippen LogP contribution is -2.30. The second-order valence-electron chi connectivity index (χ2n) is 7.41. The van der Waals surface area contributed by atoms with Crippen LogP contribution in [-0.4, -0.2) is 18.0 Å². The Morgan fingerprint density at radius 1 is 0.964 bits per heavy atom. The summed E-state index contributed by atoms with van der Waals surface area (Å²) < 4.78 is 44.1. The Kier molecular flexibility index (Phi) is 6.17. The zero-order valence-electron chi connectivity index (χ0n) is 16.1. The Labute approximate surface area is 161 Å². The van der Waals surface area contributed by atoms with Gasteiger partial charge in [-0.15, -0.1) is 0 Å². The van der Waals surface area contributed by atoms with Crippen molar-refractivity contribution >= 4 is 17.6 Å². The minimum Gasteiger partial charge on any atom is -0.449 e. The Balaban J connectivity index is 2.06. The van der Waals surface area contributed by atoms with Crippen molar-refractivity contribution in [2.24, 2.45) is 0 Å². The van der Waals surface area contributed by atoms with E-state index in [2.05, 4.69) is 5.32 Å². The van der Waals surface area contributed by atoms with Gasteiger partial charge in [-0.2, -0.15) is 13.2 Å². The lowest BCUT2D eigenvalue weighted by molar-refractivity contribution is -0.137. The first-order valence-corrected chi connectivity index (χ1v) is 8.68. The number of carbonyl (C=O) groups is 2. The molecular weight excluding hydrogens is 371 g/mol. The predicted molar refractivity (Wildman–Crippen MR) is 100 cm³/mol. The number of halogens is 3. The van der Waals surface area contributed by atoms with Crippen molar-refractivity contribution < 1.29 is 27.5 Å². The average molecular weight is 393 g/mol. The molecule has 4 nitrogen and oxygen atoms in total. The van der Waals surface area contributed by atoms with Gasteiger partial charge in [0.1, 0.15) is 0 Å². The molecule has 2 aromatic rings. The number of hydrogen-bond acceptors (Lipinski definition) is 3. The monoisotopic (exact) mass is 393 g/mol. The summed E-state index contributed by atoms with van der Waals surface area (Å²) in [6.45, 7) is 7.40. The van der Waals surface area contributed by atoms with Crippen LogP contribution < -0.4 is 5.32 Å². The maximum atomic E-state index is 13.0. The smallest absolute Gasteiger partial charge is 0.418 e. The topological polar surface area (TPSA) is 55.4 Å². The first-order valence-electron chi connectivity index (χ1n) is 8.68. The van der Waals surface area contributed by atoms with E-state index in [1.807, 2.05) is 20.8 Å². The standard InChI is InChI=1S/C21H22F3NO3/c1-13(18(26)25-17-8-6-5-7-16(17)21(22,23)24)28-19(27)14-9-11-15(12-10-14)20(2,3)4/h5-13H,1-4H3,(H,25,26)/t13-/m0/s1. The predicted octanol–water partition coefficient (Wildman–Crippen LogP) is 5.19. The molecule has 0 spiro atoms. The molecule has 0 saturated heterocycles. The van der Waals surface area contributed by atoms with Crippen LogP contribution in [0, 0.1) is 0 Å². The van der Waals surface area contributed by atoms with Gasteiger partial charge in [-0.05, 0) is 42.2 Å². The van der Waals surface area contributed by atoms with Gasteiger partial charge in [0.2, 0.25) is 0 Å². The van der Waals surface area contributed by atoms with E-state index in [0.29, 0.717) is 0 Å². The van der Waals surface area contributed by atoms with Gasteiger partial charge in [-0.3, -0.25) is 4.79 Å². The molecule has 0 radical (unpaired) electrons. The molecular formula is C21H22F3NO3. The van der Waals surface area contributed by atoms with Crippen LogP contribution in [0.3, 0.4) is 0 Å². The van der Waals surface area contributed by atoms with Crippen molar-refractivity contribution in [3.05, 3.63) is 65.2 Å². The van der Waals surface area contributed by atoms with Crippen LogP contribution in [0.2, 0.25) is 0 Å². The minimum absolute atomic E-state index is 0.0819. The highest BCUT2D eigenvalue weighted by Crippen LogP contribution is 2.34. The highest BCUT2D eigenvalue weighted by atomic mass is 19.4. The molecule has 28 heavy (non-hydrogen) atoms. The third-order valence-corrected chi connectivity index (χ3v) is 4.13. The summed E-state index contributed by atoms with van der Waals surface area (Å²) in [5.74, 6) is -1.58. The SMILES string of the molecule is C[C@H](OC(=O)c1ccc(C(C)(C)C)cc1)C(=O)Nc1ccccc1C(F)(F)F. The molecule has 2 rings (SSSR count). The van der Waals surface area contributed by atoms with Crippen LogP contribution in [0.15, 0.2) is 48.5 Å². The number of alkyl halides is 3. The molecule has 7 heteroatoms. The number of benzene rings is 2. The molecule has 1 atom stereocenters. The van der Waals surface area contributed by atoms with Gasteiger partial charge in [0.15, 0.2) is 6.10 Å². The molecule has 2 aromatic carbocycles. The Bertz CT molecular complexity index is 852. The molecule has 0 aromatic heterocycles. The molecule has 0 heterocycles. The van der Waals surface area contributed by atoms with Crippen molar-refractivity contribution in [2.45, 2.75) is 45.4 Å². The Hall–Kier alpha value is -2.83. The van der Waals surface area contributed by atoms with Gasteiger partial charge in [0, 0.05) is 0 Å². The number of rotatable bonds is 4. The number of carbonyl (C=O) groups excluding carboxylic acids is 2. The number of anilines is 1. The summed E-state index contributed by atoms with van der Waals surface area (Å²) in [6, 6.07) is 11.4. The van der Waals surface area contributed by atoms with E-state index in [0.717, 1.165) is 17.7 Å². The Morgan fingerprint density at radius 2 is 1.54 bits per heavy atom. The molecule has 150 valence electrons. The second kappa shape index (κ2) is 8.04. The lowest BCUT2D eigenvalue weighted by atomic mass is 9.87. The van der Waals surface area contributed by atoms with Gasteiger partial charge in [-0.1, -0.05) is 45.0 Å². The second-order valence-corrected chi connectivity index (χ2v) is 7.41. The fraction of sp³-hybridized carbons (Fsp3) is 0.333. The van der Waals surface area contributed by atoms with Crippen LogP contribution in [-0.2, 0) is 21.1 Å². The third-order valence-electron chi connectivity index (χ3n) is 4.13. The summed E-state index contributed by atoms with van der Waals surface area (Å²) in [5.41, 5.74) is -0.166. The van der Waals surface area contributed by atoms with E-state index in [4.69, 9.17) is 4.74 Å². The zero-order chi connectivity index (χ0) is 21.1. The number of ether oxygens (including phenoxy) is 1. The normalized spacial score (nSPS) is 13.0. The van der Waals surface area contributed by atoms with Gasteiger partial charge in [-0.25, -0.2) is 4.79 Å². The van der Waals surface area contributed by atoms with E-state index >= 15 is 0 Å². The highest BCUT2D eigenvalue weighted by molar-refractivity contribution is 5.97. The minimum atomic E-state index is -4.61. The molecule has 0 bridgehead atoms. The van der Waals surface area contributed by atoms with E-state index in [1.54, 1.807) is 24.3 Å². The van der Waals surface area contributed by atoms with Crippen molar-refractivity contribution in [3.8, 4) is 0 Å². The third kappa shape index (κ3) is 5.34. The largest absolute Gasteiger partial charge is 0.449 e. The average Bonchev–Trinajstić information content (AvgIpc) is 2.60. The van der Waals surface area contributed by atoms with Gasteiger partial charge < -0.3 is 10.1 Å². The molecule has 1 amide bonds. The number of nitrogens with one attached hydrogen (secondary N) is 1. The van der Waals surface area contributed by atoms with E-state index < -0.39 is 35.4 Å². The van der Waals surface area contributed by atoms with Crippen molar-refractivity contribution in [2.75, 3.05) is 5.32 Å². The van der Waals surface area contributed by atoms with Crippen LogP contribution >= 0.6 is 0 Å². The Morgan fingerprint density at radius 3 is 2.07 bits per heavy atom. The number of hydrogen-bond donors (Lipinski definition) is 1. The van der Waals surface area contributed by atoms with E-state index in [-0.39, 0.29) is 11.0 Å². The highest BCUT2D eigenvalue weighted by Gasteiger charge is 2.34. The molecule has 0 fully saturated rings. The van der Waals surface area contributed by atoms with E-state index in [9.17, 15) is 22.8 Å².